The number of furan rings is 1. The molecule has 3 aromatic rings. The van der Waals surface area contributed by atoms with E-state index in [4.69, 9.17) is 9.15 Å². The monoisotopic (exact) mass is 366 g/mol. The lowest BCUT2D eigenvalue weighted by Crippen LogP contribution is -2.39. The molecule has 1 fully saturated rings. The fourth-order valence-corrected chi connectivity index (χ4v) is 3.31. The Morgan fingerprint density at radius 3 is 2.93 bits per heavy atom. The number of rotatable bonds is 5. The summed E-state index contributed by atoms with van der Waals surface area (Å²) < 4.78 is 10.8. The minimum absolute atomic E-state index is 0.269. The highest BCUT2D eigenvalue weighted by atomic mass is 16.5. The lowest BCUT2D eigenvalue weighted by molar-refractivity contribution is 0.0893. The van der Waals surface area contributed by atoms with Crippen LogP contribution in [-0.2, 0) is 4.74 Å². The maximum Gasteiger partial charge on any atom is 0.276 e. The van der Waals surface area contributed by atoms with Gasteiger partial charge in [0.15, 0.2) is 11.5 Å². The summed E-state index contributed by atoms with van der Waals surface area (Å²) in [4.78, 5) is 14.7. The molecule has 0 bridgehead atoms. The average molecular weight is 366 g/mol. The summed E-state index contributed by atoms with van der Waals surface area (Å²) in [5.41, 5.74) is 2.84. The predicted octanol–water partition coefficient (Wildman–Crippen LogP) is 3.54. The van der Waals surface area contributed by atoms with Gasteiger partial charge in [-0.05, 0) is 49.2 Å². The standard InChI is InChI=1S/C20H22N4O3/c1-26-16-4-2-10-24(13-16)15-8-6-14(7-9-15)21-20(25)18-12-17(22-23-18)19-5-3-11-27-19/h3,5-9,11-12,16H,2,4,10,13H2,1H3,(H,21,25)(H,22,23). The van der Waals surface area contributed by atoms with Gasteiger partial charge in [-0.1, -0.05) is 0 Å². The van der Waals surface area contributed by atoms with Gasteiger partial charge in [0, 0.05) is 37.6 Å². The molecule has 1 atom stereocenters. The quantitative estimate of drug-likeness (QED) is 0.722. The number of aromatic nitrogens is 2. The Morgan fingerprint density at radius 2 is 2.19 bits per heavy atom. The Labute approximate surface area is 157 Å². The van der Waals surface area contributed by atoms with Gasteiger partial charge in [-0.15, -0.1) is 0 Å². The van der Waals surface area contributed by atoms with Crippen LogP contribution in [-0.4, -0.2) is 42.4 Å². The molecule has 140 valence electrons. The number of benzene rings is 1. The summed E-state index contributed by atoms with van der Waals surface area (Å²) in [7, 11) is 1.76. The lowest BCUT2D eigenvalue weighted by Gasteiger charge is -2.33. The third-order valence-electron chi connectivity index (χ3n) is 4.80. The Hall–Kier alpha value is -3.06. The smallest absolute Gasteiger partial charge is 0.276 e. The van der Waals surface area contributed by atoms with Gasteiger partial charge >= 0.3 is 0 Å². The first-order valence-corrected chi connectivity index (χ1v) is 9.01. The van der Waals surface area contributed by atoms with Crippen molar-refractivity contribution < 1.29 is 13.9 Å². The largest absolute Gasteiger partial charge is 0.463 e. The number of carbonyl (C=O) groups excluding carboxylic acids is 1. The van der Waals surface area contributed by atoms with Crippen molar-refractivity contribution in [3.8, 4) is 11.5 Å². The molecule has 0 radical (unpaired) electrons. The van der Waals surface area contributed by atoms with E-state index in [1.165, 1.54) is 0 Å². The summed E-state index contributed by atoms with van der Waals surface area (Å²) in [5, 5.41) is 9.74. The molecule has 7 heteroatoms. The minimum Gasteiger partial charge on any atom is -0.463 e. The fourth-order valence-electron chi connectivity index (χ4n) is 3.31. The third-order valence-corrected chi connectivity index (χ3v) is 4.80. The van der Waals surface area contributed by atoms with Crippen molar-refractivity contribution >= 4 is 17.3 Å². The molecule has 1 aliphatic heterocycles. The van der Waals surface area contributed by atoms with Gasteiger partial charge in [0.25, 0.3) is 5.91 Å². The molecule has 1 saturated heterocycles. The molecule has 2 N–H and O–H groups in total. The number of hydrogen-bond donors (Lipinski definition) is 2. The lowest BCUT2D eigenvalue weighted by atomic mass is 10.1. The van der Waals surface area contributed by atoms with Crippen LogP contribution < -0.4 is 10.2 Å². The summed E-state index contributed by atoms with van der Waals surface area (Å²) >= 11 is 0. The number of carbonyl (C=O) groups is 1. The van der Waals surface area contributed by atoms with Gasteiger partial charge in [-0.2, -0.15) is 5.10 Å². The predicted molar refractivity (Wildman–Crippen MR) is 103 cm³/mol. The summed E-state index contributed by atoms with van der Waals surface area (Å²) in [5.74, 6) is 0.371. The van der Waals surface area contributed by atoms with Gasteiger partial charge < -0.3 is 19.4 Å². The zero-order valence-corrected chi connectivity index (χ0v) is 15.1. The maximum atomic E-state index is 12.4. The molecule has 1 amide bonds. The van der Waals surface area contributed by atoms with Crippen LogP contribution in [0.4, 0.5) is 11.4 Å². The summed E-state index contributed by atoms with van der Waals surface area (Å²) in [6, 6.07) is 13.1. The molecule has 0 spiro atoms. The van der Waals surface area contributed by atoms with Gasteiger partial charge in [0.1, 0.15) is 5.69 Å². The molecule has 0 saturated carbocycles. The number of amides is 1. The first-order chi connectivity index (χ1) is 13.2. The third kappa shape index (κ3) is 3.88. The number of ether oxygens (including phenoxy) is 1. The van der Waals surface area contributed by atoms with Crippen molar-refractivity contribution in [1.29, 1.82) is 0 Å². The average Bonchev–Trinajstić information content (AvgIpc) is 3.40. The van der Waals surface area contributed by atoms with Crippen LogP contribution in [0, 0.1) is 0 Å². The number of piperidine rings is 1. The molecular weight excluding hydrogens is 344 g/mol. The SMILES string of the molecule is COC1CCCN(c2ccc(NC(=O)c3cc(-c4ccco4)[nH]n3)cc2)C1. The summed E-state index contributed by atoms with van der Waals surface area (Å²) in [6.07, 6.45) is 4.08. The minimum atomic E-state index is -0.269. The molecule has 1 unspecified atom stereocenters. The van der Waals surface area contributed by atoms with Crippen LogP contribution >= 0.6 is 0 Å². The van der Waals surface area contributed by atoms with Crippen LogP contribution in [0.25, 0.3) is 11.5 Å². The van der Waals surface area contributed by atoms with Crippen molar-refractivity contribution in [2.45, 2.75) is 18.9 Å². The van der Waals surface area contributed by atoms with Crippen molar-refractivity contribution in [3.63, 3.8) is 0 Å². The number of nitrogens with one attached hydrogen (secondary N) is 2. The van der Waals surface area contributed by atoms with Crippen molar-refractivity contribution in [2.24, 2.45) is 0 Å². The van der Waals surface area contributed by atoms with Gasteiger partial charge in [0.05, 0.1) is 12.4 Å². The molecule has 2 aromatic heterocycles. The van der Waals surface area contributed by atoms with Gasteiger partial charge in [-0.3, -0.25) is 9.89 Å². The Morgan fingerprint density at radius 1 is 1.33 bits per heavy atom. The van der Waals surface area contributed by atoms with E-state index in [0.717, 1.165) is 37.3 Å². The normalized spacial score (nSPS) is 17.1. The number of hydrogen-bond acceptors (Lipinski definition) is 5. The Balaban J connectivity index is 1.40. The van der Waals surface area contributed by atoms with Crippen LogP contribution in [0.5, 0.6) is 0 Å². The molecule has 0 aliphatic carbocycles. The second kappa shape index (κ2) is 7.67. The molecule has 1 aliphatic rings. The van der Waals surface area contributed by atoms with E-state index in [9.17, 15) is 4.79 Å². The second-order valence-corrected chi connectivity index (χ2v) is 6.59. The number of nitrogens with zero attached hydrogens (tertiary/aromatic N) is 2. The van der Waals surface area contributed by atoms with E-state index in [-0.39, 0.29) is 12.0 Å². The van der Waals surface area contributed by atoms with Crippen molar-refractivity contribution in [3.05, 3.63) is 54.4 Å². The molecule has 7 nitrogen and oxygen atoms in total. The van der Waals surface area contributed by atoms with Crippen LogP contribution in [0.15, 0.2) is 53.1 Å². The molecule has 27 heavy (non-hydrogen) atoms. The number of aromatic amines is 1. The fraction of sp³-hybridized carbons (Fsp3) is 0.300. The van der Waals surface area contributed by atoms with Crippen molar-refractivity contribution in [2.75, 3.05) is 30.4 Å². The highest BCUT2D eigenvalue weighted by Gasteiger charge is 2.19. The van der Waals surface area contributed by atoms with Crippen LogP contribution in [0.2, 0.25) is 0 Å². The van der Waals surface area contributed by atoms with Gasteiger partial charge in [-0.25, -0.2) is 0 Å². The van der Waals surface area contributed by atoms with E-state index in [2.05, 4.69) is 20.4 Å². The van der Waals surface area contributed by atoms with Crippen molar-refractivity contribution in [1.82, 2.24) is 10.2 Å². The zero-order valence-electron chi connectivity index (χ0n) is 15.1. The number of anilines is 2. The second-order valence-electron chi connectivity index (χ2n) is 6.59. The Kier molecular flexibility index (Phi) is 4.93. The van der Waals surface area contributed by atoms with E-state index < -0.39 is 0 Å². The van der Waals surface area contributed by atoms with E-state index in [1.54, 1.807) is 25.5 Å². The van der Waals surface area contributed by atoms with E-state index in [0.29, 0.717) is 17.1 Å². The highest BCUT2D eigenvalue weighted by Crippen LogP contribution is 2.23. The Bertz CT molecular complexity index is 886. The van der Waals surface area contributed by atoms with Crippen LogP contribution in [0.1, 0.15) is 23.3 Å². The molecule has 1 aromatic carbocycles. The van der Waals surface area contributed by atoms with E-state index >= 15 is 0 Å². The first-order valence-electron chi connectivity index (χ1n) is 9.01. The van der Waals surface area contributed by atoms with Crippen LogP contribution in [0.3, 0.4) is 0 Å². The first kappa shape index (κ1) is 17.4. The summed E-state index contributed by atoms with van der Waals surface area (Å²) in [6.45, 7) is 1.92. The number of methoxy groups -OCH3 is 1. The molecular formula is C20H22N4O3. The number of H-pyrrole nitrogens is 1. The molecule has 3 heterocycles. The van der Waals surface area contributed by atoms with Gasteiger partial charge in [0.2, 0.25) is 0 Å². The van der Waals surface area contributed by atoms with E-state index in [1.807, 2.05) is 30.3 Å². The topological polar surface area (TPSA) is 83.4 Å². The maximum absolute atomic E-state index is 12.4. The zero-order chi connectivity index (χ0) is 18.6. The highest BCUT2D eigenvalue weighted by molar-refractivity contribution is 6.03. The molecule has 4 rings (SSSR count).